The topological polar surface area (TPSA) is 9.72 Å². The van der Waals surface area contributed by atoms with Crippen LogP contribution in [-0.4, -0.2) is 18.8 Å². The van der Waals surface area contributed by atoms with Gasteiger partial charge < -0.3 is 14.7 Å². The lowest BCUT2D eigenvalue weighted by molar-refractivity contribution is 0.332. The van der Waals surface area contributed by atoms with Crippen molar-refractivity contribution in [1.82, 2.24) is 0 Å². The van der Waals surface area contributed by atoms with Crippen molar-refractivity contribution in [3.05, 3.63) is 213 Å². The molecular formula is C75H84BN3S. The van der Waals surface area contributed by atoms with E-state index in [0.29, 0.717) is 5.92 Å². The molecule has 3 nitrogen and oxygen atoms in total. The van der Waals surface area contributed by atoms with Gasteiger partial charge in [0.1, 0.15) is 0 Å². The number of hydrogen-bond acceptors (Lipinski definition) is 4. The normalized spacial score (nSPS) is 24.6. The number of anilines is 4. The van der Waals surface area contributed by atoms with Gasteiger partial charge in [-0.25, -0.2) is 0 Å². The smallest absolute Gasteiger partial charge is 0.259 e. The van der Waals surface area contributed by atoms with Gasteiger partial charge >= 0.3 is 0 Å². The van der Waals surface area contributed by atoms with Crippen LogP contribution in [0.3, 0.4) is 0 Å². The van der Waals surface area contributed by atoms with Crippen LogP contribution < -0.4 is 24.9 Å². The molecule has 0 N–H and O–H groups in total. The van der Waals surface area contributed by atoms with E-state index < -0.39 is 0 Å². The molecule has 0 radical (unpaired) electrons. The molecule has 5 aromatic carbocycles. The predicted octanol–water partition coefficient (Wildman–Crippen LogP) is 18.3. The number of para-hydroxylation sites is 2. The largest absolute Gasteiger partial charge is 0.337 e. The van der Waals surface area contributed by atoms with Gasteiger partial charge in [0.2, 0.25) is 0 Å². The zero-order chi connectivity index (χ0) is 55.8. The lowest BCUT2D eigenvalue weighted by Crippen LogP contribution is -2.63. The second-order valence-electron chi connectivity index (χ2n) is 30.1. The molecule has 1 aromatic heterocycles. The number of fused-ring (bicyclic) bond motifs is 11. The Bertz CT molecular complexity index is 3720. The molecule has 0 fully saturated rings. The van der Waals surface area contributed by atoms with Gasteiger partial charge in [0.25, 0.3) is 6.71 Å². The molecule has 8 aliphatic rings. The van der Waals surface area contributed by atoms with Gasteiger partial charge in [-0.3, -0.25) is 0 Å². The molecule has 5 heteroatoms. The second kappa shape index (κ2) is 17.7. The molecule has 0 bridgehead atoms. The Morgan fingerprint density at radius 3 is 1.82 bits per heavy atom. The number of benzene rings is 5. The summed E-state index contributed by atoms with van der Waals surface area (Å²) in [7, 11) is 0. The highest BCUT2D eigenvalue weighted by Gasteiger charge is 2.55. The molecule has 408 valence electrons. The maximum absolute atomic E-state index is 3.00. The average molecular weight is 1070 g/mol. The summed E-state index contributed by atoms with van der Waals surface area (Å²) in [5.41, 5.74) is 24.9. The van der Waals surface area contributed by atoms with Crippen LogP contribution in [-0.2, 0) is 28.1 Å². The zero-order valence-electron chi connectivity index (χ0n) is 50.4. The van der Waals surface area contributed by atoms with Gasteiger partial charge in [-0.2, -0.15) is 0 Å². The minimum absolute atomic E-state index is 0.0183. The van der Waals surface area contributed by atoms with Crippen molar-refractivity contribution in [1.29, 1.82) is 0 Å². The third-order valence-corrected chi connectivity index (χ3v) is 22.2. The number of rotatable bonds is 5. The zero-order valence-corrected chi connectivity index (χ0v) is 51.3. The Labute approximate surface area is 484 Å². The third kappa shape index (κ3) is 7.92. The quantitative estimate of drug-likeness (QED) is 0.159. The van der Waals surface area contributed by atoms with E-state index in [4.69, 9.17) is 0 Å². The van der Waals surface area contributed by atoms with Crippen LogP contribution in [0, 0.1) is 16.7 Å². The minimum Gasteiger partial charge on any atom is -0.337 e. The first-order valence-corrected chi connectivity index (χ1v) is 31.4. The first kappa shape index (κ1) is 52.1. The summed E-state index contributed by atoms with van der Waals surface area (Å²) in [5.74, 6) is 0.649. The number of thiophene rings is 1. The van der Waals surface area contributed by atoms with Gasteiger partial charge in [-0.05, 0) is 187 Å². The van der Waals surface area contributed by atoms with E-state index in [-0.39, 0.29) is 57.2 Å². The van der Waals surface area contributed by atoms with Crippen molar-refractivity contribution < 1.29 is 0 Å². The third-order valence-electron chi connectivity index (χ3n) is 21.0. The molecular weight excluding hydrogens is 986 g/mol. The Balaban J connectivity index is 1.13. The van der Waals surface area contributed by atoms with Crippen LogP contribution in [0.4, 0.5) is 22.7 Å². The Hall–Kier alpha value is -6.04. The highest BCUT2D eigenvalue weighted by molar-refractivity contribution is 7.32. The van der Waals surface area contributed by atoms with Crippen molar-refractivity contribution in [3.63, 3.8) is 0 Å². The standard InChI is InChI=1S/C75H84BN3S/c1-70(2,3)54-33-32-50(39-55(54)71(4,5)6)78-62-44-58-57(73(9,10)35-36-74(58,11)12)43-60(62)76-67-63(78)40-51(77(48-26-17-15-18-27-48)49-28-19-16-20-29-49)41-64(67)79(61-31-23-25-47-38-46-24-21-22-30-52(46)66(47)61)68-53-42-56-59(45-65(53)80-69(68)76)75(13,14)37-34-72(56,7)8/h15-31,33,39-40,42-45,47,50,64,66H,32,34-38,41H2,1-14H3. The van der Waals surface area contributed by atoms with E-state index in [0.717, 1.165) is 19.3 Å². The fourth-order valence-electron chi connectivity index (χ4n) is 16.5. The fraction of sp³-hybridized carbons (Fsp3) is 0.413. The van der Waals surface area contributed by atoms with Crippen molar-refractivity contribution in [2.45, 2.75) is 182 Å². The van der Waals surface area contributed by atoms with E-state index in [1.807, 2.05) is 0 Å². The SMILES string of the molecule is CC(C)(C)C1=CCC(N2C3=C4B(c5cc6c(cc52)C(C)(C)CCC6(C)C)c2sc5cc6c(cc5c2N(C2=CC=CC5Cc7ccccc7C25)C4CC(N(c2ccccc2)c2ccccc2)=C3)C(C)(C)CCC6(C)C)C=C1C(C)(C)C. The van der Waals surface area contributed by atoms with Crippen LogP contribution in [0.5, 0.6) is 0 Å². The first-order chi connectivity index (χ1) is 37.9. The number of allylic oxidation sites excluding steroid dienone is 7. The summed E-state index contributed by atoms with van der Waals surface area (Å²) >= 11 is 2.13. The van der Waals surface area contributed by atoms with E-state index in [2.05, 4.69) is 269 Å². The Kier molecular flexibility index (Phi) is 11.5. The van der Waals surface area contributed by atoms with Gasteiger partial charge in [-0.1, -0.05) is 188 Å². The molecule has 80 heavy (non-hydrogen) atoms. The minimum atomic E-state index is -0.0445. The Morgan fingerprint density at radius 1 is 0.625 bits per heavy atom. The summed E-state index contributed by atoms with van der Waals surface area (Å²) in [5, 5.41) is 1.45. The maximum atomic E-state index is 3.00. The molecule has 0 spiro atoms. The van der Waals surface area contributed by atoms with Crippen LogP contribution in [0.25, 0.3) is 10.1 Å². The summed E-state index contributed by atoms with van der Waals surface area (Å²) in [6, 6.07) is 43.1. The van der Waals surface area contributed by atoms with Crippen molar-refractivity contribution in [3.8, 4) is 0 Å². The van der Waals surface area contributed by atoms with Gasteiger partial charge in [0, 0.05) is 61.4 Å². The average Bonchev–Trinajstić information content (AvgIpc) is 4.17. The highest BCUT2D eigenvalue weighted by atomic mass is 32.1. The lowest BCUT2D eigenvalue weighted by atomic mass is 9.33. The second-order valence-corrected chi connectivity index (χ2v) is 31.2. The molecule has 3 heterocycles. The van der Waals surface area contributed by atoms with Crippen molar-refractivity contribution in [2.75, 3.05) is 14.7 Å². The lowest BCUT2D eigenvalue weighted by Gasteiger charge is -2.54. The van der Waals surface area contributed by atoms with E-state index in [1.54, 1.807) is 22.2 Å². The van der Waals surface area contributed by atoms with E-state index >= 15 is 0 Å². The molecule has 6 aromatic rings. The fourth-order valence-corrected chi connectivity index (χ4v) is 17.8. The molecule has 0 saturated heterocycles. The molecule has 6 aliphatic carbocycles. The molecule has 2 aliphatic heterocycles. The van der Waals surface area contributed by atoms with Gasteiger partial charge in [0.05, 0.1) is 17.8 Å². The number of nitrogens with zero attached hydrogens (tertiary/aromatic N) is 3. The van der Waals surface area contributed by atoms with Crippen LogP contribution in [0.15, 0.2) is 179 Å². The summed E-state index contributed by atoms with van der Waals surface area (Å²) in [6.07, 6.45) is 23.2. The van der Waals surface area contributed by atoms with Crippen molar-refractivity contribution in [2.24, 2.45) is 16.7 Å². The summed E-state index contributed by atoms with van der Waals surface area (Å²) < 4.78 is 2.97. The van der Waals surface area contributed by atoms with Gasteiger partial charge in [0.15, 0.2) is 0 Å². The monoisotopic (exact) mass is 1070 g/mol. The molecule has 4 unspecified atom stereocenters. The summed E-state index contributed by atoms with van der Waals surface area (Å²) in [6.45, 7) is 34.9. The maximum Gasteiger partial charge on any atom is 0.259 e. The molecule has 4 atom stereocenters. The number of hydrogen-bond donors (Lipinski definition) is 0. The first-order valence-electron chi connectivity index (χ1n) is 30.5. The molecule has 14 rings (SSSR count). The highest BCUT2D eigenvalue weighted by Crippen LogP contribution is 2.58. The van der Waals surface area contributed by atoms with Crippen LogP contribution >= 0.6 is 11.3 Å². The van der Waals surface area contributed by atoms with Gasteiger partial charge in [-0.15, -0.1) is 11.3 Å². The Morgan fingerprint density at radius 2 is 1.20 bits per heavy atom. The van der Waals surface area contributed by atoms with Crippen molar-refractivity contribution >= 4 is 61.1 Å². The van der Waals surface area contributed by atoms with Crippen LogP contribution in [0.2, 0.25) is 0 Å². The predicted molar refractivity (Wildman–Crippen MR) is 344 cm³/mol. The van der Waals surface area contributed by atoms with E-state index in [1.165, 1.54) is 114 Å². The molecule has 0 amide bonds. The molecule has 0 saturated carbocycles. The van der Waals surface area contributed by atoms with E-state index in [9.17, 15) is 0 Å². The van der Waals surface area contributed by atoms with Crippen LogP contribution in [0.1, 0.15) is 175 Å². The summed E-state index contributed by atoms with van der Waals surface area (Å²) in [4.78, 5) is 8.54.